The summed E-state index contributed by atoms with van der Waals surface area (Å²) in [6.45, 7) is 0. The third kappa shape index (κ3) is 5.70. The second-order valence-electron chi connectivity index (χ2n) is 6.32. The Hall–Kier alpha value is -2.73. The lowest BCUT2D eigenvalue weighted by atomic mass is 10.2. The maximum atomic E-state index is 14.1. The Kier molecular flexibility index (Phi) is 7.80. The van der Waals surface area contributed by atoms with Gasteiger partial charge in [0.1, 0.15) is 16.9 Å². The van der Waals surface area contributed by atoms with Gasteiger partial charge in [-0.2, -0.15) is 5.26 Å². The smallest absolute Gasteiger partial charge is 0.219 e. The molecule has 0 atom stereocenters. The van der Waals surface area contributed by atoms with Crippen LogP contribution in [-0.4, -0.2) is 14.7 Å². The Bertz CT molecular complexity index is 1240. The lowest BCUT2D eigenvalue weighted by Crippen LogP contribution is -2.10. The summed E-state index contributed by atoms with van der Waals surface area (Å²) < 4.78 is 40.5. The number of benzene rings is 3. The van der Waals surface area contributed by atoms with Crippen LogP contribution in [0.3, 0.4) is 0 Å². The van der Waals surface area contributed by atoms with Crippen LogP contribution in [-0.2, 0) is 15.6 Å². The lowest BCUT2D eigenvalue weighted by Gasteiger charge is -2.15. The van der Waals surface area contributed by atoms with Crippen molar-refractivity contribution in [3.63, 3.8) is 0 Å². The van der Waals surface area contributed by atoms with E-state index in [4.69, 9.17) is 0 Å². The summed E-state index contributed by atoms with van der Waals surface area (Å²) >= 11 is 2.61. The number of nitriles is 1. The van der Waals surface area contributed by atoms with Crippen molar-refractivity contribution in [3.8, 4) is 6.07 Å². The summed E-state index contributed by atoms with van der Waals surface area (Å²) in [5, 5.41) is 13.0. The highest BCUT2D eigenvalue weighted by Crippen LogP contribution is 2.32. The Morgan fingerprint density at radius 3 is 2.42 bits per heavy atom. The molecule has 0 unspecified atom stereocenters. The number of thioether (sulfide) groups is 2. The molecule has 0 aliphatic heterocycles. The van der Waals surface area contributed by atoms with Crippen LogP contribution in [0.1, 0.15) is 5.56 Å². The summed E-state index contributed by atoms with van der Waals surface area (Å²) in [6, 6.07) is 23.3. The van der Waals surface area contributed by atoms with Gasteiger partial charge in [-0.15, -0.1) is 23.5 Å². The number of sulfone groups is 1. The van der Waals surface area contributed by atoms with Crippen molar-refractivity contribution in [1.29, 1.82) is 5.26 Å². The predicted molar refractivity (Wildman–Crippen MR) is 126 cm³/mol. The molecule has 0 aliphatic rings. The summed E-state index contributed by atoms with van der Waals surface area (Å²) in [5.74, 6) is -0.227. The van der Waals surface area contributed by atoms with E-state index in [1.165, 1.54) is 18.2 Å². The highest BCUT2D eigenvalue weighted by Gasteiger charge is 2.25. The number of nitrogens with zero attached hydrogens (tertiary/aromatic N) is 1. The van der Waals surface area contributed by atoms with E-state index in [0.29, 0.717) is 11.3 Å². The largest absolute Gasteiger partial charge is 0.349 e. The first-order chi connectivity index (χ1) is 15.0. The monoisotopic (exact) mass is 470 g/mol. The van der Waals surface area contributed by atoms with Gasteiger partial charge in [0.25, 0.3) is 0 Å². The number of nitrogens with one attached hydrogen (secondary N) is 1. The van der Waals surface area contributed by atoms with E-state index in [0.717, 1.165) is 16.7 Å². The van der Waals surface area contributed by atoms with E-state index < -0.39 is 14.7 Å². The number of halogens is 1. The molecule has 3 rings (SSSR count). The molecule has 0 saturated heterocycles. The summed E-state index contributed by atoms with van der Waals surface area (Å²) in [7, 11) is -4.06. The van der Waals surface area contributed by atoms with Crippen LogP contribution in [0.25, 0.3) is 0 Å². The van der Waals surface area contributed by atoms with Crippen molar-refractivity contribution in [3.05, 3.63) is 100 Å². The van der Waals surface area contributed by atoms with Crippen LogP contribution < -0.4 is 5.32 Å². The SMILES string of the molecule is CSc1cccc(NC(SCc2ccccc2F)=C(C#N)S(=O)(=O)c2ccccc2)c1. The molecule has 0 amide bonds. The van der Waals surface area contributed by atoms with Gasteiger partial charge in [0.15, 0.2) is 4.91 Å². The minimum atomic E-state index is -4.06. The van der Waals surface area contributed by atoms with Crippen LogP contribution in [0.4, 0.5) is 10.1 Å². The van der Waals surface area contributed by atoms with Crippen molar-refractivity contribution in [2.75, 3.05) is 11.6 Å². The highest BCUT2D eigenvalue weighted by atomic mass is 32.2. The van der Waals surface area contributed by atoms with Gasteiger partial charge in [-0.3, -0.25) is 0 Å². The van der Waals surface area contributed by atoms with Crippen LogP contribution in [0.5, 0.6) is 0 Å². The fourth-order valence-corrected chi connectivity index (χ4v) is 5.74. The minimum absolute atomic E-state index is 0.0233. The molecule has 0 bridgehead atoms. The number of anilines is 1. The van der Waals surface area contributed by atoms with Gasteiger partial charge in [-0.05, 0) is 48.2 Å². The molecular formula is C23H19FN2O2S3. The normalized spacial score (nSPS) is 12.0. The standard InChI is InChI=1S/C23H19FN2O2S3/c1-29-19-10-7-9-18(14-19)26-23(30-16-17-8-5-6-13-21(17)24)22(15-25)31(27,28)20-11-3-2-4-12-20/h2-14,26H,16H2,1H3. The Morgan fingerprint density at radius 1 is 1.03 bits per heavy atom. The Morgan fingerprint density at radius 2 is 1.74 bits per heavy atom. The molecule has 3 aromatic rings. The lowest BCUT2D eigenvalue weighted by molar-refractivity contribution is 0.603. The molecule has 0 aliphatic carbocycles. The summed E-state index contributed by atoms with van der Waals surface area (Å²) in [4.78, 5) is 0.595. The maximum absolute atomic E-state index is 14.1. The van der Waals surface area contributed by atoms with E-state index in [1.807, 2.05) is 30.5 Å². The molecule has 0 spiro atoms. The van der Waals surface area contributed by atoms with E-state index in [-0.39, 0.29) is 21.5 Å². The van der Waals surface area contributed by atoms with Gasteiger partial charge in [-0.25, -0.2) is 12.8 Å². The number of rotatable bonds is 8. The molecular weight excluding hydrogens is 451 g/mol. The van der Waals surface area contributed by atoms with E-state index in [2.05, 4.69) is 5.32 Å². The van der Waals surface area contributed by atoms with E-state index in [1.54, 1.807) is 54.2 Å². The zero-order chi connectivity index (χ0) is 22.3. The number of allylic oxidation sites excluding steroid dienone is 1. The summed E-state index contributed by atoms with van der Waals surface area (Å²) in [6.07, 6.45) is 1.93. The van der Waals surface area contributed by atoms with E-state index in [9.17, 15) is 18.1 Å². The average molecular weight is 471 g/mol. The van der Waals surface area contributed by atoms with Crippen LogP contribution >= 0.6 is 23.5 Å². The van der Waals surface area contributed by atoms with Gasteiger partial charge in [0, 0.05) is 16.3 Å². The molecule has 1 N–H and O–H groups in total. The van der Waals surface area contributed by atoms with Crippen LogP contribution in [0.2, 0.25) is 0 Å². The quantitative estimate of drug-likeness (QED) is 0.319. The molecule has 31 heavy (non-hydrogen) atoms. The van der Waals surface area contributed by atoms with E-state index >= 15 is 0 Å². The fourth-order valence-electron chi connectivity index (χ4n) is 2.71. The highest BCUT2D eigenvalue weighted by molar-refractivity contribution is 8.04. The van der Waals surface area contributed by atoms with Crippen molar-refractivity contribution in [1.82, 2.24) is 0 Å². The van der Waals surface area contributed by atoms with Crippen molar-refractivity contribution in [2.24, 2.45) is 0 Å². The average Bonchev–Trinajstić information content (AvgIpc) is 2.79. The molecule has 4 nitrogen and oxygen atoms in total. The molecule has 0 fully saturated rings. The van der Waals surface area contributed by atoms with Gasteiger partial charge in [0.05, 0.1) is 4.90 Å². The van der Waals surface area contributed by atoms with Crippen molar-refractivity contribution >= 4 is 39.0 Å². The topological polar surface area (TPSA) is 70.0 Å². The number of hydrogen-bond donors (Lipinski definition) is 1. The van der Waals surface area contributed by atoms with Crippen LogP contribution in [0, 0.1) is 17.1 Å². The van der Waals surface area contributed by atoms with Gasteiger partial charge < -0.3 is 5.32 Å². The molecule has 0 saturated carbocycles. The first-order valence-corrected chi connectivity index (χ1v) is 12.9. The molecule has 0 aromatic heterocycles. The first kappa shape index (κ1) is 22.9. The minimum Gasteiger partial charge on any atom is -0.349 e. The zero-order valence-electron chi connectivity index (χ0n) is 16.6. The Balaban J connectivity index is 2.06. The molecule has 0 heterocycles. The predicted octanol–water partition coefficient (Wildman–Crippen LogP) is 6.06. The molecule has 158 valence electrons. The first-order valence-electron chi connectivity index (χ1n) is 9.17. The fraction of sp³-hybridized carbons (Fsp3) is 0.0870. The zero-order valence-corrected chi connectivity index (χ0v) is 19.0. The van der Waals surface area contributed by atoms with Gasteiger partial charge in [-0.1, -0.05) is 42.5 Å². The Labute approximate surface area is 190 Å². The maximum Gasteiger partial charge on any atom is 0.219 e. The van der Waals surface area contributed by atoms with Crippen molar-refractivity contribution < 1.29 is 12.8 Å². The molecule has 8 heteroatoms. The third-order valence-corrected chi connectivity index (χ3v) is 7.92. The van der Waals surface area contributed by atoms with Crippen LogP contribution in [0.15, 0.2) is 98.6 Å². The van der Waals surface area contributed by atoms with Gasteiger partial charge >= 0.3 is 0 Å². The second kappa shape index (κ2) is 10.5. The molecule has 0 radical (unpaired) electrons. The number of hydrogen-bond acceptors (Lipinski definition) is 6. The summed E-state index contributed by atoms with van der Waals surface area (Å²) in [5.41, 5.74) is 1.05. The van der Waals surface area contributed by atoms with Gasteiger partial charge in [0.2, 0.25) is 9.84 Å². The third-order valence-electron chi connectivity index (χ3n) is 4.29. The van der Waals surface area contributed by atoms with Crippen molar-refractivity contribution in [2.45, 2.75) is 15.5 Å². The second-order valence-corrected chi connectivity index (χ2v) is 10.1. The molecule has 3 aromatic carbocycles.